The SMILES string of the molecule is CC(=O)SCC1CC(=O)N(C(CO)Cc2c[nH]c3ccccc23)C1. The van der Waals surface area contributed by atoms with E-state index in [2.05, 4.69) is 4.98 Å². The summed E-state index contributed by atoms with van der Waals surface area (Å²) >= 11 is 1.27. The molecular weight excluding hydrogens is 324 g/mol. The molecule has 6 heteroatoms. The molecule has 2 unspecified atom stereocenters. The summed E-state index contributed by atoms with van der Waals surface area (Å²) < 4.78 is 0. The first-order chi connectivity index (χ1) is 11.6. The van der Waals surface area contributed by atoms with Crippen LogP contribution in [0, 0.1) is 5.92 Å². The molecule has 0 aliphatic carbocycles. The van der Waals surface area contributed by atoms with E-state index in [1.165, 1.54) is 11.8 Å². The van der Waals surface area contributed by atoms with Gasteiger partial charge in [0.05, 0.1) is 12.6 Å². The van der Waals surface area contributed by atoms with E-state index in [1.54, 1.807) is 11.8 Å². The van der Waals surface area contributed by atoms with E-state index in [9.17, 15) is 14.7 Å². The van der Waals surface area contributed by atoms with Crippen molar-refractivity contribution in [3.63, 3.8) is 0 Å². The van der Waals surface area contributed by atoms with Gasteiger partial charge in [0, 0.05) is 42.7 Å². The summed E-state index contributed by atoms with van der Waals surface area (Å²) in [6.45, 7) is 2.11. The van der Waals surface area contributed by atoms with Crippen LogP contribution in [0.25, 0.3) is 10.9 Å². The minimum Gasteiger partial charge on any atom is -0.394 e. The number of aliphatic hydroxyl groups excluding tert-OH is 1. The molecule has 1 aliphatic heterocycles. The number of aromatic amines is 1. The molecule has 2 heterocycles. The Morgan fingerprint density at radius 3 is 3.00 bits per heavy atom. The molecule has 0 bridgehead atoms. The number of hydrogen-bond donors (Lipinski definition) is 2. The summed E-state index contributed by atoms with van der Waals surface area (Å²) in [6, 6.07) is 7.82. The molecule has 0 radical (unpaired) electrons. The first-order valence-electron chi connectivity index (χ1n) is 8.17. The van der Waals surface area contributed by atoms with E-state index in [-0.39, 0.29) is 29.6 Å². The second-order valence-corrected chi connectivity index (χ2v) is 7.52. The molecule has 1 amide bonds. The number of para-hydroxylation sites is 1. The summed E-state index contributed by atoms with van der Waals surface area (Å²) in [5.41, 5.74) is 2.17. The number of aliphatic hydroxyl groups is 1. The number of nitrogens with zero attached hydrogens (tertiary/aromatic N) is 1. The number of rotatable bonds is 6. The maximum absolute atomic E-state index is 12.3. The minimum absolute atomic E-state index is 0.0577. The molecular formula is C18H22N2O3S. The van der Waals surface area contributed by atoms with E-state index in [0.29, 0.717) is 25.1 Å². The van der Waals surface area contributed by atoms with Gasteiger partial charge in [-0.05, 0) is 24.0 Å². The van der Waals surface area contributed by atoms with Gasteiger partial charge in [-0.25, -0.2) is 0 Å². The van der Waals surface area contributed by atoms with Gasteiger partial charge in [-0.15, -0.1) is 0 Å². The smallest absolute Gasteiger partial charge is 0.223 e. The average molecular weight is 346 g/mol. The van der Waals surface area contributed by atoms with Crippen LogP contribution in [0.5, 0.6) is 0 Å². The van der Waals surface area contributed by atoms with Crippen molar-refractivity contribution in [2.75, 3.05) is 18.9 Å². The van der Waals surface area contributed by atoms with E-state index in [0.717, 1.165) is 16.5 Å². The zero-order valence-electron chi connectivity index (χ0n) is 13.7. The summed E-state index contributed by atoms with van der Waals surface area (Å²) in [4.78, 5) is 28.5. The lowest BCUT2D eigenvalue weighted by molar-refractivity contribution is -0.130. The fraction of sp³-hybridized carbons (Fsp3) is 0.444. The molecule has 1 fully saturated rings. The molecule has 2 atom stereocenters. The molecule has 24 heavy (non-hydrogen) atoms. The van der Waals surface area contributed by atoms with Gasteiger partial charge < -0.3 is 15.0 Å². The van der Waals surface area contributed by atoms with Gasteiger partial charge in [-0.2, -0.15) is 0 Å². The van der Waals surface area contributed by atoms with Gasteiger partial charge in [-0.3, -0.25) is 9.59 Å². The Morgan fingerprint density at radius 1 is 1.46 bits per heavy atom. The van der Waals surface area contributed by atoms with Crippen molar-refractivity contribution in [1.82, 2.24) is 9.88 Å². The van der Waals surface area contributed by atoms with Crippen LogP contribution in [0.1, 0.15) is 18.9 Å². The summed E-state index contributed by atoms with van der Waals surface area (Å²) in [6.07, 6.45) is 3.04. The third kappa shape index (κ3) is 3.65. The van der Waals surface area contributed by atoms with Crippen molar-refractivity contribution < 1.29 is 14.7 Å². The largest absolute Gasteiger partial charge is 0.394 e. The van der Waals surface area contributed by atoms with Crippen molar-refractivity contribution in [2.24, 2.45) is 5.92 Å². The molecule has 2 N–H and O–H groups in total. The fourth-order valence-corrected chi connectivity index (χ4v) is 4.03. The minimum atomic E-state index is -0.218. The second-order valence-electron chi connectivity index (χ2n) is 6.32. The number of carbonyl (C=O) groups excluding carboxylic acids is 2. The molecule has 1 aromatic heterocycles. The normalized spacial score (nSPS) is 19.2. The molecule has 3 rings (SSSR count). The third-order valence-electron chi connectivity index (χ3n) is 4.54. The lowest BCUT2D eigenvalue weighted by Crippen LogP contribution is -2.40. The molecule has 1 aliphatic rings. The van der Waals surface area contributed by atoms with Crippen LogP contribution in [-0.4, -0.2) is 51.0 Å². The predicted molar refractivity (Wildman–Crippen MR) is 95.8 cm³/mol. The van der Waals surface area contributed by atoms with E-state index in [4.69, 9.17) is 0 Å². The second kappa shape index (κ2) is 7.40. The fourth-order valence-electron chi connectivity index (χ4n) is 3.34. The number of carbonyl (C=O) groups is 2. The van der Waals surface area contributed by atoms with Crippen molar-refractivity contribution in [3.8, 4) is 0 Å². The first-order valence-corrected chi connectivity index (χ1v) is 9.15. The number of amides is 1. The Labute approximate surface area is 145 Å². The molecule has 0 spiro atoms. The number of aromatic nitrogens is 1. The zero-order valence-corrected chi connectivity index (χ0v) is 14.5. The zero-order chi connectivity index (χ0) is 17.1. The summed E-state index contributed by atoms with van der Waals surface area (Å²) in [7, 11) is 0. The van der Waals surface area contributed by atoms with Crippen molar-refractivity contribution in [2.45, 2.75) is 25.8 Å². The number of fused-ring (bicyclic) bond motifs is 1. The molecule has 1 saturated heterocycles. The number of H-pyrrole nitrogens is 1. The predicted octanol–water partition coefficient (Wildman–Crippen LogP) is 2.20. The number of hydrogen-bond acceptors (Lipinski definition) is 4. The van der Waals surface area contributed by atoms with E-state index in [1.807, 2.05) is 30.5 Å². The average Bonchev–Trinajstić information content (AvgIpc) is 3.14. The molecule has 2 aromatic rings. The molecule has 128 valence electrons. The highest BCUT2D eigenvalue weighted by Gasteiger charge is 2.34. The number of benzene rings is 1. The highest BCUT2D eigenvalue weighted by molar-refractivity contribution is 8.13. The number of thioether (sulfide) groups is 1. The molecule has 5 nitrogen and oxygen atoms in total. The highest BCUT2D eigenvalue weighted by atomic mass is 32.2. The Morgan fingerprint density at radius 2 is 2.25 bits per heavy atom. The van der Waals surface area contributed by atoms with Crippen molar-refractivity contribution >= 4 is 33.7 Å². The van der Waals surface area contributed by atoms with Gasteiger partial charge in [0.1, 0.15) is 0 Å². The van der Waals surface area contributed by atoms with Crippen LogP contribution >= 0.6 is 11.8 Å². The van der Waals surface area contributed by atoms with Crippen LogP contribution in [0.3, 0.4) is 0 Å². The topological polar surface area (TPSA) is 73.4 Å². The first kappa shape index (κ1) is 17.0. The third-order valence-corrected chi connectivity index (χ3v) is 5.59. The highest BCUT2D eigenvalue weighted by Crippen LogP contribution is 2.27. The van der Waals surface area contributed by atoms with Gasteiger partial charge >= 0.3 is 0 Å². The molecule has 1 aromatic carbocycles. The lowest BCUT2D eigenvalue weighted by atomic mass is 10.0. The number of likely N-dealkylation sites (tertiary alicyclic amines) is 1. The monoisotopic (exact) mass is 346 g/mol. The summed E-state index contributed by atoms with van der Waals surface area (Å²) in [5, 5.41) is 11.0. The van der Waals surface area contributed by atoms with Gasteiger partial charge in [-0.1, -0.05) is 30.0 Å². The molecule has 0 saturated carbocycles. The standard InChI is InChI=1S/C18H22N2O3S/c1-12(22)24-11-13-6-18(23)20(9-13)15(10-21)7-14-8-19-17-5-3-2-4-16(14)17/h2-5,8,13,15,19,21H,6-7,9-11H2,1H3. The Balaban J connectivity index is 1.70. The maximum atomic E-state index is 12.3. The van der Waals surface area contributed by atoms with Crippen LogP contribution in [0.15, 0.2) is 30.5 Å². The quantitative estimate of drug-likeness (QED) is 0.841. The summed E-state index contributed by atoms with van der Waals surface area (Å²) in [5.74, 6) is 0.925. The van der Waals surface area contributed by atoms with E-state index < -0.39 is 0 Å². The van der Waals surface area contributed by atoms with Crippen LogP contribution in [-0.2, 0) is 16.0 Å². The Kier molecular flexibility index (Phi) is 5.26. The Bertz CT molecular complexity index is 743. The number of nitrogens with one attached hydrogen (secondary N) is 1. The van der Waals surface area contributed by atoms with Crippen LogP contribution in [0.4, 0.5) is 0 Å². The Hall–Kier alpha value is -1.79. The lowest BCUT2D eigenvalue weighted by Gasteiger charge is -2.26. The van der Waals surface area contributed by atoms with Gasteiger partial charge in [0.2, 0.25) is 5.91 Å². The van der Waals surface area contributed by atoms with Crippen molar-refractivity contribution in [1.29, 1.82) is 0 Å². The van der Waals surface area contributed by atoms with Gasteiger partial charge in [0.25, 0.3) is 0 Å². The van der Waals surface area contributed by atoms with Crippen molar-refractivity contribution in [3.05, 3.63) is 36.0 Å². The van der Waals surface area contributed by atoms with Gasteiger partial charge in [0.15, 0.2) is 5.12 Å². The van der Waals surface area contributed by atoms with Crippen LogP contribution < -0.4 is 0 Å². The van der Waals surface area contributed by atoms with Crippen LogP contribution in [0.2, 0.25) is 0 Å². The maximum Gasteiger partial charge on any atom is 0.223 e. The van der Waals surface area contributed by atoms with E-state index >= 15 is 0 Å².